The van der Waals surface area contributed by atoms with Crippen molar-refractivity contribution in [2.24, 2.45) is 7.05 Å². The molecule has 0 spiro atoms. The Hall–Kier alpha value is -2.39. The molecular formula is C22H31N5O3S. The number of nitrogens with zero attached hydrogens (tertiary/aromatic N) is 3. The maximum atomic E-state index is 12.8. The number of rotatable bonds is 7. The summed E-state index contributed by atoms with van der Waals surface area (Å²) in [5, 5.41) is 6.86. The molecule has 0 saturated carbocycles. The normalized spacial score (nSPS) is 15.2. The van der Waals surface area contributed by atoms with Crippen LogP contribution >= 0.6 is 0 Å². The first-order valence-corrected chi connectivity index (χ1v) is 12.6. The van der Waals surface area contributed by atoms with Gasteiger partial charge in [-0.15, -0.1) is 0 Å². The number of aromatic nitrogens is 2. The van der Waals surface area contributed by atoms with Gasteiger partial charge in [-0.05, 0) is 73.9 Å². The Kier molecular flexibility index (Phi) is 6.07. The molecule has 1 aromatic heterocycles. The summed E-state index contributed by atoms with van der Waals surface area (Å²) < 4.78 is 29.4. The molecule has 2 aromatic rings. The van der Waals surface area contributed by atoms with Gasteiger partial charge in [-0.25, -0.2) is 9.52 Å². The lowest BCUT2D eigenvalue weighted by Crippen LogP contribution is -2.35. The number of aryl methyl sites for hydroxylation is 3. The van der Waals surface area contributed by atoms with E-state index in [0.29, 0.717) is 6.54 Å². The Labute approximate surface area is 184 Å². The molecule has 9 heteroatoms. The highest BCUT2D eigenvalue weighted by molar-refractivity contribution is 7.90. The molecule has 1 heterocycles. The fraction of sp³-hybridized carbons (Fsp3) is 0.545. The minimum absolute atomic E-state index is 0.143. The first-order valence-electron chi connectivity index (χ1n) is 11.1. The number of sulfonamides is 1. The molecule has 0 saturated heterocycles. The van der Waals surface area contributed by atoms with Crippen LogP contribution in [0.5, 0.6) is 0 Å². The number of anilines is 1. The van der Waals surface area contributed by atoms with E-state index in [-0.39, 0.29) is 5.03 Å². The summed E-state index contributed by atoms with van der Waals surface area (Å²) in [7, 11) is -2.35. The van der Waals surface area contributed by atoms with Gasteiger partial charge in [0.25, 0.3) is 10.0 Å². The van der Waals surface area contributed by atoms with Crippen LogP contribution in [-0.4, -0.2) is 42.2 Å². The Morgan fingerprint density at radius 3 is 2.26 bits per heavy atom. The molecule has 168 valence electrons. The van der Waals surface area contributed by atoms with Gasteiger partial charge in [0.1, 0.15) is 0 Å². The molecule has 31 heavy (non-hydrogen) atoms. The molecule has 2 amide bonds. The molecule has 0 bridgehead atoms. The van der Waals surface area contributed by atoms with Crippen LogP contribution in [0.15, 0.2) is 17.2 Å². The minimum Gasteiger partial charge on any atom is -0.307 e. The van der Waals surface area contributed by atoms with Gasteiger partial charge in [0.2, 0.25) is 0 Å². The number of carbonyl (C=O) groups is 1. The summed E-state index contributed by atoms with van der Waals surface area (Å²) >= 11 is 0. The van der Waals surface area contributed by atoms with E-state index in [1.165, 1.54) is 17.2 Å². The first-order chi connectivity index (χ1) is 14.8. The smallest absolute Gasteiger partial charge is 0.307 e. The van der Waals surface area contributed by atoms with Crippen molar-refractivity contribution in [2.75, 3.05) is 18.4 Å². The molecule has 8 nitrogen and oxygen atoms in total. The Morgan fingerprint density at radius 1 is 1.06 bits per heavy atom. The van der Waals surface area contributed by atoms with Gasteiger partial charge >= 0.3 is 6.03 Å². The second-order valence-electron chi connectivity index (χ2n) is 8.35. The van der Waals surface area contributed by atoms with Crippen LogP contribution in [0.1, 0.15) is 54.6 Å². The quantitative estimate of drug-likeness (QED) is 0.683. The average molecular weight is 446 g/mol. The summed E-state index contributed by atoms with van der Waals surface area (Å²) in [6.45, 7) is 6.42. The van der Waals surface area contributed by atoms with Crippen molar-refractivity contribution in [1.82, 2.24) is 19.4 Å². The van der Waals surface area contributed by atoms with Crippen LogP contribution in [0.4, 0.5) is 10.5 Å². The van der Waals surface area contributed by atoms with Gasteiger partial charge in [0.15, 0.2) is 5.03 Å². The number of benzene rings is 1. The maximum absolute atomic E-state index is 12.8. The average Bonchev–Trinajstić information content (AvgIpc) is 3.45. The van der Waals surface area contributed by atoms with Crippen LogP contribution in [0, 0.1) is 0 Å². The molecule has 2 aliphatic carbocycles. The van der Waals surface area contributed by atoms with Crippen LogP contribution in [0.3, 0.4) is 0 Å². The summed E-state index contributed by atoms with van der Waals surface area (Å²) in [6.07, 6.45) is 5.99. The van der Waals surface area contributed by atoms with Crippen molar-refractivity contribution in [3.8, 4) is 0 Å². The molecule has 1 aromatic carbocycles. The van der Waals surface area contributed by atoms with E-state index in [1.54, 1.807) is 11.7 Å². The zero-order chi connectivity index (χ0) is 22.2. The van der Waals surface area contributed by atoms with Gasteiger partial charge in [-0.1, -0.05) is 19.9 Å². The molecule has 0 fully saturated rings. The van der Waals surface area contributed by atoms with E-state index in [9.17, 15) is 13.2 Å². The highest BCUT2D eigenvalue weighted by atomic mass is 32.2. The standard InChI is InChI=1S/C22H31N5O3S/c1-4-27(5-2)14-17-13-20(24-26(17)3)31(29,30)25-22(28)23-21-18-10-6-8-15(18)12-16-9-7-11-19(16)21/h12-13H,4-11,14H2,1-3H3,(H2,23,25,28). The van der Waals surface area contributed by atoms with E-state index in [1.807, 2.05) is 0 Å². The molecule has 0 radical (unpaired) electrons. The number of amides is 2. The minimum atomic E-state index is -4.07. The number of carbonyl (C=O) groups excluding carboxylic acids is 1. The van der Waals surface area contributed by atoms with Gasteiger partial charge < -0.3 is 5.32 Å². The topological polar surface area (TPSA) is 96.3 Å². The maximum Gasteiger partial charge on any atom is 0.333 e. The van der Waals surface area contributed by atoms with E-state index in [4.69, 9.17) is 0 Å². The van der Waals surface area contributed by atoms with Crippen molar-refractivity contribution >= 4 is 21.7 Å². The lowest BCUT2D eigenvalue weighted by atomic mass is 9.99. The van der Waals surface area contributed by atoms with E-state index in [0.717, 1.165) is 74.1 Å². The molecule has 0 aliphatic heterocycles. The van der Waals surface area contributed by atoms with E-state index in [2.05, 4.69) is 40.0 Å². The van der Waals surface area contributed by atoms with Gasteiger partial charge in [-0.3, -0.25) is 9.58 Å². The summed E-state index contributed by atoms with van der Waals surface area (Å²) in [5.74, 6) is 0. The highest BCUT2D eigenvalue weighted by Crippen LogP contribution is 2.38. The number of hydrogen-bond donors (Lipinski definition) is 2. The predicted octanol–water partition coefficient (Wildman–Crippen LogP) is 2.75. The van der Waals surface area contributed by atoms with Gasteiger partial charge in [-0.2, -0.15) is 13.5 Å². The van der Waals surface area contributed by atoms with Crippen LogP contribution in [0.25, 0.3) is 0 Å². The number of nitrogens with one attached hydrogen (secondary N) is 2. The van der Waals surface area contributed by atoms with Gasteiger partial charge in [0, 0.05) is 25.3 Å². The summed E-state index contributed by atoms with van der Waals surface area (Å²) in [4.78, 5) is 14.9. The Balaban J connectivity index is 1.52. The molecule has 2 N–H and O–H groups in total. The highest BCUT2D eigenvalue weighted by Gasteiger charge is 2.27. The molecular weight excluding hydrogens is 414 g/mol. The van der Waals surface area contributed by atoms with E-state index >= 15 is 0 Å². The zero-order valence-electron chi connectivity index (χ0n) is 18.5. The molecule has 0 atom stereocenters. The van der Waals surface area contributed by atoms with Gasteiger partial charge in [0.05, 0.1) is 5.69 Å². The van der Waals surface area contributed by atoms with Crippen LogP contribution < -0.4 is 10.0 Å². The van der Waals surface area contributed by atoms with E-state index < -0.39 is 16.1 Å². The first kappa shape index (κ1) is 21.8. The largest absolute Gasteiger partial charge is 0.333 e. The van der Waals surface area contributed by atoms with Crippen molar-refractivity contribution < 1.29 is 13.2 Å². The Morgan fingerprint density at radius 2 is 1.68 bits per heavy atom. The third kappa shape index (κ3) is 4.34. The van der Waals surface area contributed by atoms with Crippen molar-refractivity contribution in [2.45, 2.75) is 63.9 Å². The lowest BCUT2D eigenvalue weighted by Gasteiger charge is -2.17. The molecule has 4 rings (SSSR count). The number of fused-ring (bicyclic) bond motifs is 2. The molecule has 0 unspecified atom stereocenters. The Bertz CT molecular complexity index is 1070. The number of urea groups is 1. The second kappa shape index (κ2) is 8.63. The predicted molar refractivity (Wildman–Crippen MR) is 120 cm³/mol. The lowest BCUT2D eigenvalue weighted by molar-refractivity contribution is 0.256. The number of hydrogen-bond acceptors (Lipinski definition) is 5. The summed E-state index contributed by atoms with van der Waals surface area (Å²) in [5.41, 5.74) is 6.48. The monoisotopic (exact) mass is 445 g/mol. The van der Waals surface area contributed by atoms with Crippen LogP contribution in [-0.2, 0) is 49.3 Å². The summed E-state index contributed by atoms with van der Waals surface area (Å²) in [6, 6.07) is 3.08. The zero-order valence-corrected chi connectivity index (χ0v) is 19.3. The van der Waals surface area contributed by atoms with Crippen molar-refractivity contribution in [1.29, 1.82) is 0 Å². The molecule has 2 aliphatic rings. The van der Waals surface area contributed by atoms with Crippen molar-refractivity contribution in [3.63, 3.8) is 0 Å². The third-order valence-electron chi connectivity index (χ3n) is 6.45. The fourth-order valence-corrected chi connectivity index (χ4v) is 5.63. The van der Waals surface area contributed by atoms with Crippen LogP contribution in [0.2, 0.25) is 0 Å². The SMILES string of the molecule is CCN(CC)Cc1cc(S(=O)(=O)NC(=O)Nc2c3c(cc4c2CCC4)CCC3)nn1C. The third-order valence-corrected chi connectivity index (χ3v) is 7.65. The van der Waals surface area contributed by atoms with Crippen molar-refractivity contribution in [3.05, 3.63) is 40.1 Å². The second-order valence-corrected chi connectivity index (χ2v) is 9.98. The fourth-order valence-electron chi connectivity index (χ4n) is 4.71.